The molecule has 1 atom stereocenters. The van der Waals surface area contributed by atoms with Crippen molar-refractivity contribution in [3.8, 4) is 0 Å². The number of aliphatic carboxylic acids is 1. The fourth-order valence-corrected chi connectivity index (χ4v) is 2.27. The molecule has 1 aliphatic carbocycles. The monoisotopic (exact) mass is 272 g/mol. The first kappa shape index (κ1) is 15.8. The first-order valence-corrected chi connectivity index (χ1v) is 6.72. The summed E-state index contributed by atoms with van der Waals surface area (Å²) in [4.78, 5) is 24.4. The first-order valence-electron chi connectivity index (χ1n) is 6.72. The Balaban J connectivity index is 2.40. The smallest absolute Gasteiger partial charge is 0.326 e. The van der Waals surface area contributed by atoms with Crippen molar-refractivity contribution < 1.29 is 19.8 Å². The van der Waals surface area contributed by atoms with Crippen LogP contribution in [0.3, 0.4) is 0 Å². The molecule has 1 fully saturated rings. The molecular weight excluding hydrogens is 248 g/mol. The van der Waals surface area contributed by atoms with Gasteiger partial charge in [0.15, 0.2) is 0 Å². The normalized spacial score (nSPS) is 23.6. The molecule has 110 valence electrons. The summed E-state index contributed by atoms with van der Waals surface area (Å²) in [5.74, 6) is -0.484. The number of carbonyl (C=O) groups is 2. The average molecular weight is 272 g/mol. The van der Waals surface area contributed by atoms with E-state index in [1.807, 2.05) is 13.8 Å². The molecule has 0 aromatic carbocycles. The molecule has 0 saturated heterocycles. The maximum absolute atomic E-state index is 11.9. The standard InChI is InChI=1S/C13H24N2O4/c1-8(2)4-11(12(17)18)14-13(19)15(3)7-9-5-10(16)6-9/h8-11,16H,4-7H2,1-3H3,(H,14,19)(H,17,18)/t9?,10?,11-/m0/s1. The van der Waals surface area contributed by atoms with E-state index in [4.69, 9.17) is 5.11 Å². The third-order valence-electron chi connectivity index (χ3n) is 3.39. The zero-order valence-electron chi connectivity index (χ0n) is 11.8. The van der Waals surface area contributed by atoms with E-state index in [1.165, 1.54) is 4.90 Å². The van der Waals surface area contributed by atoms with Crippen molar-refractivity contribution in [2.45, 2.75) is 45.3 Å². The van der Waals surface area contributed by atoms with Crippen LogP contribution in [0.25, 0.3) is 0 Å². The van der Waals surface area contributed by atoms with Crippen LogP contribution in [0.2, 0.25) is 0 Å². The number of urea groups is 1. The van der Waals surface area contributed by atoms with Crippen molar-refractivity contribution in [3.63, 3.8) is 0 Å². The number of nitrogens with zero attached hydrogens (tertiary/aromatic N) is 1. The molecule has 2 amide bonds. The van der Waals surface area contributed by atoms with Gasteiger partial charge in [-0.25, -0.2) is 9.59 Å². The number of hydrogen-bond donors (Lipinski definition) is 3. The molecule has 6 heteroatoms. The molecule has 6 nitrogen and oxygen atoms in total. The van der Waals surface area contributed by atoms with Gasteiger partial charge >= 0.3 is 12.0 Å². The van der Waals surface area contributed by atoms with Crippen LogP contribution in [0.4, 0.5) is 4.79 Å². The van der Waals surface area contributed by atoms with Crippen LogP contribution in [0.5, 0.6) is 0 Å². The molecule has 1 aliphatic rings. The average Bonchev–Trinajstić information content (AvgIpc) is 2.24. The Kier molecular flexibility index (Phi) is 5.60. The minimum Gasteiger partial charge on any atom is -0.480 e. The van der Waals surface area contributed by atoms with Crippen molar-refractivity contribution in [2.75, 3.05) is 13.6 Å². The second-order valence-corrected chi connectivity index (χ2v) is 5.84. The Morgan fingerprint density at radius 3 is 2.37 bits per heavy atom. The molecular formula is C13H24N2O4. The molecule has 0 bridgehead atoms. The van der Waals surface area contributed by atoms with Gasteiger partial charge in [0.25, 0.3) is 0 Å². The maximum Gasteiger partial charge on any atom is 0.326 e. The second kappa shape index (κ2) is 6.75. The number of amides is 2. The zero-order chi connectivity index (χ0) is 14.6. The summed E-state index contributed by atoms with van der Waals surface area (Å²) >= 11 is 0. The quantitative estimate of drug-likeness (QED) is 0.670. The van der Waals surface area contributed by atoms with E-state index >= 15 is 0 Å². The van der Waals surface area contributed by atoms with E-state index in [-0.39, 0.29) is 18.1 Å². The van der Waals surface area contributed by atoms with E-state index in [9.17, 15) is 14.7 Å². The van der Waals surface area contributed by atoms with Gasteiger partial charge in [-0.05, 0) is 31.1 Å². The summed E-state index contributed by atoms with van der Waals surface area (Å²) in [6.07, 6.45) is 1.60. The molecule has 0 aliphatic heterocycles. The van der Waals surface area contributed by atoms with Crippen molar-refractivity contribution in [1.82, 2.24) is 10.2 Å². The van der Waals surface area contributed by atoms with Gasteiger partial charge in [-0.2, -0.15) is 0 Å². The summed E-state index contributed by atoms with van der Waals surface area (Å²) in [6, 6.07) is -1.21. The highest BCUT2D eigenvalue weighted by atomic mass is 16.4. The Labute approximate surface area is 113 Å². The number of aliphatic hydroxyl groups is 1. The fraction of sp³-hybridized carbons (Fsp3) is 0.846. The molecule has 0 aromatic heterocycles. The molecule has 0 unspecified atom stereocenters. The van der Waals surface area contributed by atoms with Crippen molar-refractivity contribution in [3.05, 3.63) is 0 Å². The lowest BCUT2D eigenvalue weighted by Crippen LogP contribution is -2.49. The van der Waals surface area contributed by atoms with Crippen LogP contribution in [0.1, 0.15) is 33.1 Å². The Morgan fingerprint density at radius 1 is 1.37 bits per heavy atom. The van der Waals surface area contributed by atoms with Crippen LogP contribution in [0.15, 0.2) is 0 Å². The van der Waals surface area contributed by atoms with Gasteiger partial charge in [0.2, 0.25) is 0 Å². The van der Waals surface area contributed by atoms with Crippen LogP contribution >= 0.6 is 0 Å². The lowest BCUT2D eigenvalue weighted by Gasteiger charge is -2.34. The van der Waals surface area contributed by atoms with Gasteiger partial charge < -0.3 is 20.4 Å². The minimum atomic E-state index is -1.01. The number of carboxylic acid groups (broad SMARTS) is 1. The highest BCUT2D eigenvalue weighted by Gasteiger charge is 2.30. The number of nitrogens with one attached hydrogen (secondary N) is 1. The van der Waals surface area contributed by atoms with Gasteiger partial charge in [0.05, 0.1) is 6.10 Å². The number of carboxylic acids is 1. The summed E-state index contributed by atoms with van der Waals surface area (Å²) in [7, 11) is 1.65. The third-order valence-corrected chi connectivity index (χ3v) is 3.39. The van der Waals surface area contributed by atoms with Crippen LogP contribution in [0, 0.1) is 11.8 Å². The number of carbonyl (C=O) groups excluding carboxylic acids is 1. The highest BCUT2D eigenvalue weighted by molar-refractivity contribution is 5.82. The molecule has 3 N–H and O–H groups in total. The van der Waals surface area contributed by atoms with E-state index in [0.717, 1.165) is 0 Å². The second-order valence-electron chi connectivity index (χ2n) is 5.84. The van der Waals surface area contributed by atoms with Gasteiger partial charge in [0.1, 0.15) is 6.04 Å². The fourth-order valence-electron chi connectivity index (χ4n) is 2.27. The minimum absolute atomic E-state index is 0.202. The summed E-state index contributed by atoms with van der Waals surface area (Å²) in [6.45, 7) is 4.39. The van der Waals surface area contributed by atoms with Gasteiger partial charge in [-0.3, -0.25) is 0 Å². The predicted molar refractivity (Wildman–Crippen MR) is 70.8 cm³/mol. The predicted octanol–water partition coefficient (Wildman–Crippen LogP) is 0.898. The summed E-state index contributed by atoms with van der Waals surface area (Å²) < 4.78 is 0. The van der Waals surface area contributed by atoms with E-state index in [0.29, 0.717) is 31.7 Å². The summed E-state index contributed by atoms with van der Waals surface area (Å²) in [5.41, 5.74) is 0. The van der Waals surface area contributed by atoms with Crippen molar-refractivity contribution in [1.29, 1.82) is 0 Å². The lowest BCUT2D eigenvalue weighted by molar-refractivity contribution is -0.139. The van der Waals surface area contributed by atoms with E-state index in [1.54, 1.807) is 7.05 Å². The van der Waals surface area contributed by atoms with E-state index in [2.05, 4.69) is 5.32 Å². The first-order chi connectivity index (χ1) is 8.79. The van der Waals surface area contributed by atoms with E-state index < -0.39 is 12.0 Å². The van der Waals surface area contributed by atoms with Crippen LogP contribution in [-0.4, -0.2) is 52.9 Å². The number of aliphatic hydroxyl groups excluding tert-OH is 1. The summed E-state index contributed by atoms with van der Waals surface area (Å²) in [5, 5.41) is 20.8. The Bertz CT molecular complexity index is 327. The topological polar surface area (TPSA) is 89.9 Å². The molecule has 1 saturated carbocycles. The lowest BCUT2D eigenvalue weighted by atomic mass is 9.82. The third kappa shape index (κ3) is 5.06. The van der Waals surface area contributed by atoms with Crippen LogP contribution < -0.4 is 5.32 Å². The highest BCUT2D eigenvalue weighted by Crippen LogP contribution is 2.27. The van der Waals surface area contributed by atoms with Crippen molar-refractivity contribution in [2.24, 2.45) is 11.8 Å². The Hall–Kier alpha value is -1.30. The van der Waals surface area contributed by atoms with Crippen LogP contribution in [-0.2, 0) is 4.79 Å². The van der Waals surface area contributed by atoms with Gasteiger partial charge in [-0.15, -0.1) is 0 Å². The Morgan fingerprint density at radius 2 is 1.95 bits per heavy atom. The van der Waals surface area contributed by atoms with Crippen molar-refractivity contribution >= 4 is 12.0 Å². The zero-order valence-corrected chi connectivity index (χ0v) is 11.8. The largest absolute Gasteiger partial charge is 0.480 e. The molecule has 0 spiro atoms. The number of rotatable bonds is 6. The van der Waals surface area contributed by atoms with Gasteiger partial charge in [-0.1, -0.05) is 13.8 Å². The van der Waals surface area contributed by atoms with Gasteiger partial charge in [0, 0.05) is 13.6 Å². The SMILES string of the molecule is CC(C)C[C@H](NC(=O)N(C)CC1CC(O)C1)C(=O)O. The maximum atomic E-state index is 11.9. The molecule has 0 aromatic rings. The molecule has 1 rings (SSSR count). The molecule has 0 heterocycles. The number of hydrogen-bond acceptors (Lipinski definition) is 3. The molecule has 19 heavy (non-hydrogen) atoms. The molecule has 0 radical (unpaired) electrons.